The molecule has 1 aromatic rings. The first-order valence-corrected chi connectivity index (χ1v) is 9.84. The van der Waals surface area contributed by atoms with Crippen LogP contribution in [0, 0.1) is 11.7 Å². The van der Waals surface area contributed by atoms with Gasteiger partial charge in [-0.2, -0.15) is 0 Å². The molecule has 1 saturated heterocycles. The molecule has 1 atom stereocenters. The monoisotopic (exact) mass is 421 g/mol. The van der Waals surface area contributed by atoms with Crippen molar-refractivity contribution < 1.29 is 28.3 Å². The third kappa shape index (κ3) is 6.82. The third-order valence-corrected chi connectivity index (χ3v) is 4.59. The number of rotatable bonds is 4. The lowest BCUT2D eigenvalue weighted by Crippen LogP contribution is -2.51. The molecule has 0 bridgehead atoms. The summed E-state index contributed by atoms with van der Waals surface area (Å²) in [7, 11) is 0. The van der Waals surface area contributed by atoms with Crippen molar-refractivity contribution in [1.82, 2.24) is 15.5 Å². The SMILES string of the molecule is C[C@@H](OC(=O)C1CCN(C(=O)c2ccc(F)cc2)CC1)C(=O)NC(=O)NC(C)(C)C. The fourth-order valence-electron chi connectivity index (χ4n) is 3.00. The first kappa shape index (κ1) is 23.3. The van der Waals surface area contributed by atoms with Crippen LogP contribution in [-0.4, -0.2) is 53.4 Å². The third-order valence-electron chi connectivity index (χ3n) is 4.59. The Morgan fingerprint density at radius 3 is 2.20 bits per heavy atom. The van der Waals surface area contributed by atoms with Crippen LogP contribution in [0.3, 0.4) is 0 Å². The summed E-state index contributed by atoms with van der Waals surface area (Å²) in [5.41, 5.74) is -0.125. The Bertz CT molecular complexity index is 796. The maximum Gasteiger partial charge on any atom is 0.321 e. The Morgan fingerprint density at radius 1 is 1.10 bits per heavy atom. The van der Waals surface area contributed by atoms with Gasteiger partial charge in [0.05, 0.1) is 5.92 Å². The summed E-state index contributed by atoms with van der Waals surface area (Å²) in [4.78, 5) is 50.2. The van der Waals surface area contributed by atoms with E-state index in [4.69, 9.17) is 4.74 Å². The Balaban J connectivity index is 1.80. The molecule has 2 rings (SSSR count). The lowest BCUT2D eigenvalue weighted by molar-refractivity contribution is -0.159. The van der Waals surface area contributed by atoms with Crippen LogP contribution in [0.2, 0.25) is 0 Å². The molecular formula is C21H28FN3O5. The smallest absolute Gasteiger partial charge is 0.321 e. The highest BCUT2D eigenvalue weighted by Crippen LogP contribution is 2.21. The molecule has 8 nitrogen and oxygen atoms in total. The fraction of sp³-hybridized carbons (Fsp3) is 0.524. The van der Waals surface area contributed by atoms with Crippen molar-refractivity contribution in [3.63, 3.8) is 0 Å². The summed E-state index contributed by atoms with van der Waals surface area (Å²) < 4.78 is 18.2. The molecule has 0 radical (unpaired) electrons. The number of hydrogen-bond donors (Lipinski definition) is 2. The van der Waals surface area contributed by atoms with E-state index in [9.17, 15) is 23.6 Å². The summed E-state index contributed by atoms with van der Waals surface area (Å²) >= 11 is 0. The second-order valence-electron chi connectivity index (χ2n) is 8.35. The number of carbonyl (C=O) groups excluding carboxylic acids is 4. The number of nitrogens with one attached hydrogen (secondary N) is 2. The summed E-state index contributed by atoms with van der Waals surface area (Å²) in [6, 6.07) is 4.64. The van der Waals surface area contributed by atoms with Gasteiger partial charge in [0.1, 0.15) is 5.82 Å². The van der Waals surface area contributed by atoms with Crippen LogP contribution in [0.4, 0.5) is 9.18 Å². The van der Waals surface area contributed by atoms with Crippen molar-refractivity contribution in [2.24, 2.45) is 5.92 Å². The van der Waals surface area contributed by atoms with Gasteiger partial charge in [-0.3, -0.25) is 19.7 Å². The van der Waals surface area contributed by atoms with E-state index in [1.54, 1.807) is 25.7 Å². The van der Waals surface area contributed by atoms with Gasteiger partial charge in [0.2, 0.25) is 0 Å². The zero-order valence-corrected chi connectivity index (χ0v) is 17.7. The van der Waals surface area contributed by atoms with Crippen molar-refractivity contribution in [3.05, 3.63) is 35.6 Å². The number of halogens is 1. The molecule has 1 aliphatic rings. The summed E-state index contributed by atoms with van der Waals surface area (Å²) in [6.07, 6.45) is -0.336. The van der Waals surface area contributed by atoms with Crippen molar-refractivity contribution in [2.45, 2.75) is 52.2 Å². The average Bonchev–Trinajstić information content (AvgIpc) is 2.66. The van der Waals surface area contributed by atoms with Crippen LogP contribution in [0.15, 0.2) is 24.3 Å². The summed E-state index contributed by atoms with van der Waals surface area (Å²) in [5, 5.41) is 4.73. The molecule has 9 heteroatoms. The second-order valence-corrected chi connectivity index (χ2v) is 8.35. The molecule has 0 spiro atoms. The molecule has 0 aliphatic carbocycles. The number of ether oxygens (including phenoxy) is 1. The zero-order valence-electron chi connectivity index (χ0n) is 17.7. The van der Waals surface area contributed by atoms with E-state index in [2.05, 4.69) is 10.6 Å². The highest BCUT2D eigenvalue weighted by molar-refractivity contribution is 5.97. The Hall–Kier alpha value is -2.97. The quantitative estimate of drug-likeness (QED) is 0.726. The predicted octanol–water partition coefficient (Wildman–Crippen LogP) is 2.23. The summed E-state index contributed by atoms with van der Waals surface area (Å²) in [6.45, 7) is 7.41. The molecule has 0 unspecified atom stereocenters. The van der Waals surface area contributed by atoms with Gasteiger partial charge >= 0.3 is 12.0 Å². The van der Waals surface area contributed by atoms with Crippen molar-refractivity contribution in [1.29, 1.82) is 0 Å². The van der Waals surface area contributed by atoms with Gasteiger partial charge in [-0.1, -0.05) is 0 Å². The number of likely N-dealkylation sites (tertiary alicyclic amines) is 1. The van der Waals surface area contributed by atoms with E-state index >= 15 is 0 Å². The number of hydrogen-bond acceptors (Lipinski definition) is 5. The van der Waals surface area contributed by atoms with Crippen LogP contribution in [0.25, 0.3) is 0 Å². The highest BCUT2D eigenvalue weighted by Gasteiger charge is 2.31. The minimum atomic E-state index is -1.12. The molecule has 2 N–H and O–H groups in total. The second kappa shape index (κ2) is 9.69. The predicted molar refractivity (Wildman–Crippen MR) is 107 cm³/mol. The number of piperidine rings is 1. The lowest BCUT2D eigenvalue weighted by atomic mass is 9.96. The molecule has 0 aromatic heterocycles. The number of urea groups is 1. The number of amides is 4. The molecule has 1 fully saturated rings. The minimum Gasteiger partial charge on any atom is -0.452 e. The van der Waals surface area contributed by atoms with E-state index in [0.717, 1.165) is 0 Å². The van der Waals surface area contributed by atoms with Crippen LogP contribution < -0.4 is 10.6 Å². The zero-order chi connectivity index (χ0) is 22.5. The van der Waals surface area contributed by atoms with Gasteiger partial charge in [-0.15, -0.1) is 0 Å². The normalized spacial score (nSPS) is 15.8. The molecule has 0 saturated carbocycles. The van der Waals surface area contributed by atoms with Crippen LogP contribution >= 0.6 is 0 Å². The number of esters is 1. The van der Waals surface area contributed by atoms with Gasteiger partial charge in [0.25, 0.3) is 11.8 Å². The highest BCUT2D eigenvalue weighted by atomic mass is 19.1. The van der Waals surface area contributed by atoms with Gasteiger partial charge < -0.3 is 15.0 Å². The van der Waals surface area contributed by atoms with Gasteiger partial charge in [0, 0.05) is 24.2 Å². The Labute approximate surface area is 175 Å². The molecule has 164 valence electrons. The molecule has 1 heterocycles. The topological polar surface area (TPSA) is 105 Å². The van der Waals surface area contributed by atoms with E-state index in [0.29, 0.717) is 31.5 Å². The van der Waals surface area contributed by atoms with E-state index in [-0.39, 0.29) is 5.91 Å². The molecular weight excluding hydrogens is 393 g/mol. The first-order valence-electron chi connectivity index (χ1n) is 9.84. The van der Waals surface area contributed by atoms with E-state index < -0.39 is 41.3 Å². The molecule has 30 heavy (non-hydrogen) atoms. The maximum absolute atomic E-state index is 13.0. The maximum atomic E-state index is 13.0. The van der Waals surface area contributed by atoms with Crippen LogP contribution in [-0.2, 0) is 14.3 Å². The van der Waals surface area contributed by atoms with Crippen LogP contribution in [0.5, 0.6) is 0 Å². The van der Waals surface area contributed by atoms with E-state index in [1.807, 2.05) is 0 Å². The van der Waals surface area contributed by atoms with Gasteiger partial charge in [-0.25, -0.2) is 9.18 Å². The summed E-state index contributed by atoms with van der Waals surface area (Å²) in [5.74, 6) is -2.33. The molecule has 1 aromatic carbocycles. The van der Waals surface area contributed by atoms with Crippen molar-refractivity contribution in [2.75, 3.05) is 13.1 Å². The first-order chi connectivity index (χ1) is 14.0. The van der Waals surface area contributed by atoms with Gasteiger partial charge in [0.15, 0.2) is 6.10 Å². The van der Waals surface area contributed by atoms with Crippen LogP contribution in [0.1, 0.15) is 50.9 Å². The van der Waals surface area contributed by atoms with Crippen molar-refractivity contribution in [3.8, 4) is 0 Å². The van der Waals surface area contributed by atoms with E-state index in [1.165, 1.54) is 31.2 Å². The average molecular weight is 421 g/mol. The lowest BCUT2D eigenvalue weighted by Gasteiger charge is -2.31. The minimum absolute atomic E-state index is 0.223. The number of nitrogens with zero attached hydrogens (tertiary/aromatic N) is 1. The van der Waals surface area contributed by atoms with Crippen molar-refractivity contribution >= 4 is 23.8 Å². The fourth-order valence-corrected chi connectivity index (χ4v) is 3.00. The van der Waals surface area contributed by atoms with Gasteiger partial charge in [-0.05, 0) is 64.8 Å². The molecule has 1 aliphatic heterocycles. The number of benzene rings is 1. The Kier molecular flexibility index (Phi) is 7.53. The standard InChI is InChI=1S/C21H28FN3O5/c1-13(17(26)23-20(29)24-21(2,3)4)30-19(28)15-9-11-25(12-10-15)18(27)14-5-7-16(22)8-6-14/h5-8,13,15H,9-12H2,1-4H3,(H2,23,24,26,29)/t13-/m1/s1. The Morgan fingerprint density at radius 2 is 1.67 bits per heavy atom. The molecule has 4 amide bonds. The number of imide groups is 1. The number of carbonyl (C=O) groups is 4. The largest absolute Gasteiger partial charge is 0.452 e.